The Bertz CT molecular complexity index is 328. The molecule has 7 heteroatoms. The maximum Gasteiger partial charge on any atom is 0.113 e. The molecule has 0 aliphatic heterocycles. The lowest BCUT2D eigenvalue weighted by atomic mass is 9.92. The van der Waals surface area contributed by atoms with Crippen molar-refractivity contribution in [2.24, 2.45) is 5.41 Å². The molecule has 0 aliphatic rings. The standard InChI is InChI=1S/C20H35FO6/c1-4-8-24-16-20(17-25-9-5-2,18-26-10-6-3)19-27-15-14-23-13-12-22-11-7-21/h4-6H,1-3,7-19H2. The molecule has 0 aromatic rings. The lowest BCUT2D eigenvalue weighted by Gasteiger charge is -2.32. The summed E-state index contributed by atoms with van der Waals surface area (Å²) in [5.74, 6) is 0. The van der Waals surface area contributed by atoms with E-state index in [2.05, 4.69) is 19.7 Å². The Labute approximate surface area is 162 Å². The molecule has 0 saturated carbocycles. The Kier molecular flexibility index (Phi) is 18.9. The molecular formula is C20H35FO6. The van der Waals surface area contributed by atoms with Crippen LogP contribution in [0.3, 0.4) is 0 Å². The van der Waals surface area contributed by atoms with Crippen molar-refractivity contribution in [2.45, 2.75) is 0 Å². The van der Waals surface area contributed by atoms with Gasteiger partial charge in [0, 0.05) is 0 Å². The molecule has 0 atom stereocenters. The Hall–Kier alpha value is -1.09. The first-order valence-electron chi connectivity index (χ1n) is 9.10. The molecule has 0 unspecified atom stereocenters. The first-order chi connectivity index (χ1) is 13.2. The molecular weight excluding hydrogens is 355 g/mol. The van der Waals surface area contributed by atoms with E-state index in [1.165, 1.54) is 0 Å². The van der Waals surface area contributed by atoms with Gasteiger partial charge in [0.15, 0.2) is 0 Å². The van der Waals surface area contributed by atoms with Gasteiger partial charge in [0.05, 0.1) is 84.7 Å². The number of alkyl halides is 1. The lowest BCUT2D eigenvalue weighted by Crippen LogP contribution is -2.42. The minimum Gasteiger partial charge on any atom is -0.378 e. The summed E-state index contributed by atoms with van der Waals surface area (Å²) in [5, 5.41) is 0. The molecule has 0 N–H and O–H groups in total. The van der Waals surface area contributed by atoms with Crippen LogP contribution in [-0.2, 0) is 28.4 Å². The number of hydrogen-bond acceptors (Lipinski definition) is 6. The van der Waals surface area contributed by atoms with Crippen LogP contribution in [0.15, 0.2) is 38.0 Å². The van der Waals surface area contributed by atoms with E-state index in [1.54, 1.807) is 18.2 Å². The third kappa shape index (κ3) is 15.6. The number of hydrogen-bond donors (Lipinski definition) is 0. The summed E-state index contributed by atoms with van der Waals surface area (Å²) in [7, 11) is 0. The normalized spacial score (nSPS) is 11.4. The van der Waals surface area contributed by atoms with E-state index in [1.807, 2.05) is 0 Å². The van der Waals surface area contributed by atoms with Crippen molar-refractivity contribution < 1.29 is 32.8 Å². The van der Waals surface area contributed by atoms with Gasteiger partial charge >= 0.3 is 0 Å². The van der Waals surface area contributed by atoms with Gasteiger partial charge in [-0.05, 0) is 0 Å². The maximum absolute atomic E-state index is 11.9. The Morgan fingerprint density at radius 2 is 0.926 bits per heavy atom. The molecule has 0 heterocycles. The van der Waals surface area contributed by atoms with Crippen LogP contribution in [0.4, 0.5) is 4.39 Å². The minimum atomic E-state index is -0.485. The van der Waals surface area contributed by atoms with E-state index in [0.29, 0.717) is 72.7 Å². The van der Waals surface area contributed by atoms with Gasteiger partial charge in [-0.3, -0.25) is 0 Å². The zero-order valence-corrected chi connectivity index (χ0v) is 16.4. The first-order valence-corrected chi connectivity index (χ1v) is 9.10. The van der Waals surface area contributed by atoms with E-state index in [4.69, 9.17) is 28.4 Å². The second-order valence-corrected chi connectivity index (χ2v) is 5.88. The van der Waals surface area contributed by atoms with E-state index < -0.39 is 12.1 Å². The third-order valence-electron chi connectivity index (χ3n) is 3.31. The molecule has 27 heavy (non-hydrogen) atoms. The molecule has 0 radical (unpaired) electrons. The van der Waals surface area contributed by atoms with E-state index in [0.717, 1.165) is 0 Å². The minimum absolute atomic E-state index is 0.0997. The first kappa shape index (κ1) is 25.9. The molecule has 0 aromatic heterocycles. The SMILES string of the molecule is C=CCOCC(COCC=C)(COCC=C)COCCOCCOCCF. The smallest absolute Gasteiger partial charge is 0.113 e. The maximum atomic E-state index is 11.9. The van der Waals surface area contributed by atoms with Crippen molar-refractivity contribution >= 4 is 0 Å². The van der Waals surface area contributed by atoms with Gasteiger partial charge in [-0.15, -0.1) is 19.7 Å². The van der Waals surface area contributed by atoms with Gasteiger partial charge in [-0.2, -0.15) is 0 Å². The van der Waals surface area contributed by atoms with Crippen molar-refractivity contribution in [2.75, 3.05) is 86.0 Å². The molecule has 0 rings (SSSR count). The second kappa shape index (κ2) is 19.7. The van der Waals surface area contributed by atoms with Crippen LogP contribution in [0, 0.1) is 5.41 Å². The topological polar surface area (TPSA) is 55.4 Å². The van der Waals surface area contributed by atoms with Gasteiger partial charge in [-0.1, -0.05) is 18.2 Å². The van der Waals surface area contributed by atoms with Crippen LogP contribution >= 0.6 is 0 Å². The van der Waals surface area contributed by atoms with Gasteiger partial charge in [0.2, 0.25) is 0 Å². The second-order valence-electron chi connectivity index (χ2n) is 5.88. The fourth-order valence-electron chi connectivity index (χ4n) is 2.11. The monoisotopic (exact) mass is 390 g/mol. The zero-order valence-electron chi connectivity index (χ0n) is 16.4. The average molecular weight is 390 g/mol. The molecule has 0 bridgehead atoms. The third-order valence-corrected chi connectivity index (χ3v) is 3.31. The number of rotatable bonds is 22. The summed E-state index contributed by atoms with van der Waals surface area (Å²) in [6.45, 7) is 15.1. The number of ether oxygens (including phenoxy) is 6. The van der Waals surface area contributed by atoms with E-state index >= 15 is 0 Å². The predicted molar refractivity (Wildman–Crippen MR) is 104 cm³/mol. The van der Waals surface area contributed by atoms with Gasteiger partial charge in [-0.25, -0.2) is 4.39 Å². The highest BCUT2D eigenvalue weighted by Crippen LogP contribution is 2.21. The van der Waals surface area contributed by atoms with Crippen molar-refractivity contribution in [3.05, 3.63) is 38.0 Å². The zero-order chi connectivity index (χ0) is 20.1. The summed E-state index contributed by atoms with van der Waals surface area (Å²) in [6.07, 6.45) is 5.08. The summed E-state index contributed by atoms with van der Waals surface area (Å²) in [4.78, 5) is 0. The van der Waals surface area contributed by atoms with Crippen LogP contribution in [0.5, 0.6) is 0 Å². The van der Waals surface area contributed by atoms with Gasteiger partial charge in [0.25, 0.3) is 0 Å². The largest absolute Gasteiger partial charge is 0.378 e. The van der Waals surface area contributed by atoms with Crippen molar-refractivity contribution in [1.82, 2.24) is 0 Å². The number of halogens is 1. The quantitative estimate of drug-likeness (QED) is 0.209. The van der Waals surface area contributed by atoms with E-state index in [9.17, 15) is 4.39 Å². The highest BCUT2D eigenvalue weighted by molar-refractivity contribution is 4.81. The molecule has 0 fully saturated rings. The molecule has 0 saturated heterocycles. The van der Waals surface area contributed by atoms with Crippen LogP contribution < -0.4 is 0 Å². The molecule has 0 amide bonds. The fraction of sp³-hybridized carbons (Fsp3) is 0.700. The Morgan fingerprint density at radius 3 is 1.33 bits per heavy atom. The van der Waals surface area contributed by atoms with Crippen LogP contribution in [0.1, 0.15) is 0 Å². The summed E-state index contributed by atoms with van der Waals surface area (Å²) in [5.41, 5.74) is -0.459. The average Bonchev–Trinajstić information content (AvgIpc) is 2.67. The van der Waals surface area contributed by atoms with Crippen molar-refractivity contribution in [1.29, 1.82) is 0 Å². The molecule has 0 aromatic carbocycles. The Morgan fingerprint density at radius 1 is 0.556 bits per heavy atom. The predicted octanol–water partition coefficient (Wildman–Crippen LogP) is 2.60. The summed E-state index contributed by atoms with van der Waals surface area (Å²) < 4.78 is 45.0. The van der Waals surface area contributed by atoms with Gasteiger partial charge < -0.3 is 28.4 Å². The van der Waals surface area contributed by atoms with Crippen LogP contribution in [0.2, 0.25) is 0 Å². The fourth-order valence-corrected chi connectivity index (χ4v) is 2.11. The molecule has 0 spiro atoms. The molecule has 158 valence electrons. The van der Waals surface area contributed by atoms with Crippen LogP contribution in [-0.4, -0.2) is 86.0 Å². The van der Waals surface area contributed by atoms with Crippen molar-refractivity contribution in [3.63, 3.8) is 0 Å². The van der Waals surface area contributed by atoms with Crippen molar-refractivity contribution in [3.8, 4) is 0 Å². The summed E-state index contributed by atoms with van der Waals surface area (Å²) in [6, 6.07) is 0. The molecule has 6 nitrogen and oxygen atoms in total. The highest BCUT2D eigenvalue weighted by Gasteiger charge is 2.32. The highest BCUT2D eigenvalue weighted by atomic mass is 19.1. The van der Waals surface area contributed by atoms with Crippen LogP contribution in [0.25, 0.3) is 0 Å². The summed E-state index contributed by atoms with van der Waals surface area (Å²) >= 11 is 0. The van der Waals surface area contributed by atoms with E-state index in [-0.39, 0.29) is 6.61 Å². The molecule has 0 aliphatic carbocycles. The Balaban J connectivity index is 4.37. The van der Waals surface area contributed by atoms with Gasteiger partial charge in [0.1, 0.15) is 6.67 Å². The lowest BCUT2D eigenvalue weighted by molar-refractivity contribution is -0.103.